The van der Waals surface area contributed by atoms with Gasteiger partial charge < -0.3 is 18.7 Å². The number of thiophene rings is 1. The molecule has 0 radical (unpaired) electrons. The van der Waals surface area contributed by atoms with Crippen molar-refractivity contribution in [2.45, 2.75) is 12.4 Å². The average Bonchev–Trinajstić information content (AvgIpc) is 3.15. The van der Waals surface area contributed by atoms with E-state index in [1.165, 1.54) is 20.3 Å². The number of hydrogen-bond donors (Lipinski definition) is 1. The van der Waals surface area contributed by atoms with Gasteiger partial charge in [-0.2, -0.15) is 0 Å². The molecular weight excluding hydrogens is 396 g/mol. The molecule has 25 heavy (non-hydrogen) atoms. The van der Waals surface area contributed by atoms with E-state index in [9.17, 15) is 13.2 Å². The topological polar surface area (TPSA) is 117 Å². The summed E-state index contributed by atoms with van der Waals surface area (Å²) in [6.07, 6.45) is 0. The van der Waals surface area contributed by atoms with Gasteiger partial charge >= 0.3 is 5.97 Å². The number of rotatable bonds is 8. The molecule has 0 aliphatic rings. The third kappa shape index (κ3) is 4.30. The van der Waals surface area contributed by atoms with E-state index in [4.69, 9.17) is 25.6 Å². The summed E-state index contributed by atoms with van der Waals surface area (Å²) < 4.78 is 46.9. The van der Waals surface area contributed by atoms with Gasteiger partial charge in [-0.05, 0) is 18.4 Å². The number of methoxy groups -OCH3 is 2. The van der Waals surface area contributed by atoms with Crippen LogP contribution in [0.3, 0.4) is 0 Å². The van der Waals surface area contributed by atoms with Gasteiger partial charge in [-0.15, -0.1) is 11.3 Å². The predicted octanol–water partition coefficient (Wildman–Crippen LogP) is 2.55. The van der Waals surface area contributed by atoms with Crippen LogP contribution in [0.15, 0.2) is 16.0 Å². The molecule has 9 nitrogen and oxygen atoms in total. The molecule has 138 valence electrons. The highest BCUT2D eigenvalue weighted by Crippen LogP contribution is 2.33. The number of esters is 1. The van der Waals surface area contributed by atoms with Gasteiger partial charge in [-0.3, -0.25) is 0 Å². The lowest BCUT2D eigenvalue weighted by molar-refractivity contribution is -0.0123. The Morgan fingerprint density at radius 1 is 1.48 bits per heavy atom. The van der Waals surface area contributed by atoms with Crippen LogP contribution < -0.4 is 4.72 Å². The van der Waals surface area contributed by atoms with Crippen LogP contribution in [0.2, 0.25) is 5.02 Å². The number of carbonyl (C=O) groups is 1. The molecule has 1 unspecified atom stereocenters. The minimum Gasteiger partial charge on any atom is -0.434 e. The second-order valence-corrected chi connectivity index (χ2v) is 7.69. The highest BCUT2D eigenvalue weighted by molar-refractivity contribution is 7.92. The van der Waals surface area contributed by atoms with Gasteiger partial charge in [-0.1, -0.05) is 16.8 Å². The molecule has 2 rings (SSSR count). The number of halogens is 1. The fourth-order valence-corrected chi connectivity index (χ4v) is 4.23. The van der Waals surface area contributed by atoms with Gasteiger partial charge in [0.15, 0.2) is 6.79 Å². The summed E-state index contributed by atoms with van der Waals surface area (Å²) >= 11 is 6.93. The van der Waals surface area contributed by atoms with Crippen molar-refractivity contribution in [2.24, 2.45) is 0 Å². The average molecular weight is 411 g/mol. The van der Waals surface area contributed by atoms with Gasteiger partial charge in [0.2, 0.25) is 5.44 Å². The van der Waals surface area contributed by atoms with Crippen molar-refractivity contribution in [3.05, 3.63) is 32.6 Å². The molecule has 0 spiro atoms. The molecule has 0 saturated carbocycles. The fourth-order valence-electron chi connectivity index (χ4n) is 1.87. The second kappa shape index (κ2) is 8.15. The predicted molar refractivity (Wildman–Crippen MR) is 90.2 cm³/mol. The Kier molecular flexibility index (Phi) is 6.41. The van der Waals surface area contributed by atoms with Crippen molar-refractivity contribution < 1.29 is 31.9 Å². The van der Waals surface area contributed by atoms with Gasteiger partial charge in [0.05, 0.1) is 0 Å². The SMILES string of the molecule is COCOC(=O)c1sccc1C(OC)S(=O)(=O)Nc1onc(C)c1Cl. The summed E-state index contributed by atoms with van der Waals surface area (Å²) in [6.45, 7) is 1.30. The summed E-state index contributed by atoms with van der Waals surface area (Å²) in [5.74, 6) is -0.961. The lowest BCUT2D eigenvalue weighted by atomic mass is 10.3. The van der Waals surface area contributed by atoms with E-state index in [1.54, 1.807) is 12.3 Å². The van der Waals surface area contributed by atoms with Crippen LogP contribution in [0.5, 0.6) is 0 Å². The first-order valence-corrected chi connectivity index (χ1v) is 9.51. The smallest absolute Gasteiger partial charge is 0.350 e. The maximum atomic E-state index is 12.6. The molecule has 0 aliphatic carbocycles. The lowest BCUT2D eigenvalue weighted by Crippen LogP contribution is -2.24. The number of anilines is 1. The number of aromatic nitrogens is 1. The minimum absolute atomic E-state index is 0.0310. The first kappa shape index (κ1) is 19.7. The first-order valence-electron chi connectivity index (χ1n) is 6.71. The van der Waals surface area contributed by atoms with E-state index >= 15 is 0 Å². The number of ether oxygens (including phenoxy) is 3. The normalized spacial score (nSPS) is 12.8. The second-order valence-electron chi connectivity index (χ2n) is 4.67. The molecule has 0 saturated heterocycles. The molecule has 0 aliphatic heterocycles. The molecule has 2 heterocycles. The molecule has 0 amide bonds. The summed E-state index contributed by atoms with van der Waals surface area (Å²) in [6, 6.07) is 1.45. The fraction of sp³-hybridized carbons (Fsp3) is 0.385. The summed E-state index contributed by atoms with van der Waals surface area (Å²) in [5.41, 5.74) is -1.05. The van der Waals surface area contributed by atoms with Crippen LogP contribution in [-0.4, -0.2) is 40.6 Å². The number of carbonyl (C=O) groups excluding carboxylic acids is 1. The molecule has 1 N–H and O–H groups in total. The molecule has 0 fully saturated rings. The highest BCUT2D eigenvalue weighted by atomic mass is 35.5. The summed E-state index contributed by atoms with van der Waals surface area (Å²) in [4.78, 5) is 12.1. The van der Waals surface area contributed by atoms with Crippen LogP contribution in [0.4, 0.5) is 5.88 Å². The van der Waals surface area contributed by atoms with E-state index in [0.29, 0.717) is 5.69 Å². The molecular formula is C13H15ClN2O7S2. The third-order valence-electron chi connectivity index (χ3n) is 2.96. The highest BCUT2D eigenvalue weighted by Gasteiger charge is 2.34. The van der Waals surface area contributed by atoms with Crippen LogP contribution in [0.25, 0.3) is 0 Å². The Bertz CT molecular complexity index is 846. The van der Waals surface area contributed by atoms with E-state index in [-0.39, 0.29) is 28.1 Å². The Morgan fingerprint density at radius 2 is 2.20 bits per heavy atom. The molecule has 2 aromatic heterocycles. The molecule has 12 heteroatoms. The minimum atomic E-state index is -4.16. The van der Waals surface area contributed by atoms with Crippen molar-refractivity contribution in [1.29, 1.82) is 0 Å². The van der Waals surface area contributed by atoms with Crippen molar-refractivity contribution >= 4 is 44.8 Å². The third-order valence-corrected chi connectivity index (χ3v) is 5.80. The number of nitrogens with one attached hydrogen (secondary N) is 1. The zero-order valence-corrected chi connectivity index (χ0v) is 15.8. The maximum Gasteiger partial charge on any atom is 0.350 e. The van der Waals surface area contributed by atoms with E-state index in [2.05, 4.69) is 14.6 Å². The zero-order chi connectivity index (χ0) is 18.6. The van der Waals surface area contributed by atoms with Crippen LogP contribution >= 0.6 is 22.9 Å². The monoisotopic (exact) mass is 410 g/mol. The van der Waals surface area contributed by atoms with Crippen LogP contribution in [-0.2, 0) is 24.2 Å². The quantitative estimate of drug-likeness (QED) is 0.521. The number of nitrogens with zero attached hydrogens (tertiary/aromatic N) is 1. The Balaban J connectivity index is 2.31. The van der Waals surface area contributed by atoms with Crippen molar-refractivity contribution in [3.8, 4) is 0 Å². The summed E-state index contributed by atoms with van der Waals surface area (Å²) in [5, 5.41) is 5.15. The molecule has 0 aromatic carbocycles. The number of sulfonamides is 1. The molecule has 0 bridgehead atoms. The van der Waals surface area contributed by atoms with Gasteiger partial charge in [0.1, 0.15) is 15.6 Å². The van der Waals surface area contributed by atoms with Crippen LogP contribution in [0.1, 0.15) is 26.4 Å². The standard InChI is InChI=1S/C13H15ClN2O7S2/c1-7-9(14)11(23-15-7)16-25(18,19)13(21-3)8-4-5-24-10(8)12(17)22-6-20-2/h4-5,13,16H,6H2,1-3H3. The Hall–Kier alpha value is -1.66. The number of hydrogen-bond acceptors (Lipinski definition) is 9. The molecule has 2 aromatic rings. The van der Waals surface area contributed by atoms with Crippen molar-refractivity contribution in [1.82, 2.24) is 5.16 Å². The Labute approximate surface area is 152 Å². The van der Waals surface area contributed by atoms with E-state index in [1.807, 2.05) is 0 Å². The van der Waals surface area contributed by atoms with Crippen LogP contribution in [0, 0.1) is 6.92 Å². The van der Waals surface area contributed by atoms with E-state index < -0.39 is 21.4 Å². The number of aryl methyl sites for hydroxylation is 1. The largest absolute Gasteiger partial charge is 0.434 e. The van der Waals surface area contributed by atoms with Gasteiger partial charge in [0, 0.05) is 19.8 Å². The molecule has 1 atom stereocenters. The van der Waals surface area contributed by atoms with Crippen molar-refractivity contribution in [2.75, 3.05) is 25.7 Å². The van der Waals surface area contributed by atoms with Gasteiger partial charge in [0.25, 0.3) is 15.9 Å². The zero-order valence-electron chi connectivity index (χ0n) is 13.4. The summed E-state index contributed by atoms with van der Waals surface area (Å²) in [7, 11) is -1.60. The van der Waals surface area contributed by atoms with Crippen molar-refractivity contribution in [3.63, 3.8) is 0 Å². The first-order chi connectivity index (χ1) is 11.8. The maximum absolute atomic E-state index is 12.6. The lowest BCUT2D eigenvalue weighted by Gasteiger charge is -2.16. The van der Waals surface area contributed by atoms with Gasteiger partial charge in [-0.25, -0.2) is 17.9 Å². The Morgan fingerprint density at radius 3 is 2.76 bits per heavy atom. The van der Waals surface area contributed by atoms with E-state index in [0.717, 1.165) is 11.3 Å².